The van der Waals surface area contributed by atoms with Crippen molar-refractivity contribution < 1.29 is 9.72 Å². The van der Waals surface area contributed by atoms with E-state index in [-0.39, 0.29) is 22.3 Å². The fraction of sp³-hybridized carbons (Fsp3) is 0.188. The average molecular weight is 319 g/mol. The molecule has 0 radical (unpaired) electrons. The van der Waals surface area contributed by atoms with Crippen molar-refractivity contribution >= 4 is 23.2 Å². The summed E-state index contributed by atoms with van der Waals surface area (Å²) in [7, 11) is 0. The zero-order chi connectivity index (χ0) is 16.1. The molecule has 1 N–H and O–H groups in total. The van der Waals surface area contributed by atoms with Crippen molar-refractivity contribution in [3.05, 3.63) is 74.8 Å². The zero-order valence-corrected chi connectivity index (χ0v) is 12.7. The van der Waals surface area contributed by atoms with Gasteiger partial charge >= 0.3 is 0 Å². The molecule has 0 fully saturated rings. The molecule has 0 aliphatic carbocycles. The molecular weight excluding hydrogens is 304 g/mol. The summed E-state index contributed by atoms with van der Waals surface area (Å²) in [5.41, 5.74) is 0.910. The van der Waals surface area contributed by atoms with E-state index < -0.39 is 10.8 Å². The molecule has 5 nitrogen and oxygen atoms in total. The van der Waals surface area contributed by atoms with Crippen molar-refractivity contribution in [3.8, 4) is 0 Å². The highest BCUT2D eigenvalue weighted by molar-refractivity contribution is 6.33. The number of hydrogen-bond acceptors (Lipinski definition) is 3. The molecule has 1 amide bonds. The van der Waals surface area contributed by atoms with Crippen LogP contribution in [0.25, 0.3) is 0 Å². The Kier molecular flexibility index (Phi) is 5.12. The number of amides is 1. The van der Waals surface area contributed by atoms with Gasteiger partial charge in [-0.3, -0.25) is 14.9 Å². The van der Waals surface area contributed by atoms with E-state index in [1.165, 1.54) is 18.2 Å². The number of hydrogen-bond donors (Lipinski definition) is 1. The van der Waals surface area contributed by atoms with Crippen molar-refractivity contribution in [2.45, 2.75) is 19.4 Å². The summed E-state index contributed by atoms with van der Waals surface area (Å²) in [6, 6.07) is 13.2. The molecule has 0 unspecified atom stereocenters. The van der Waals surface area contributed by atoms with Crippen molar-refractivity contribution in [2.24, 2.45) is 0 Å². The molecule has 0 saturated carbocycles. The van der Waals surface area contributed by atoms with Crippen molar-refractivity contribution in [1.29, 1.82) is 0 Å². The molecule has 2 aromatic rings. The van der Waals surface area contributed by atoms with E-state index in [0.29, 0.717) is 6.42 Å². The molecular formula is C16H15ClN2O3. The lowest BCUT2D eigenvalue weighted by molar-refractivity contribution is -0.384. The summed E-state index contributed by atoms with van der Waals surface area (Å²) < 4.78 is 0. The van der Waals surface area contributed by atoms with Crippen molar-refractivity contribution in [2.75, 3.05) is 0 Å². The highest BCUT2D eigenvalue weighted by Gasteiger charge is 2.19. The highest BCUT2D eigenvalue weighted by Crippen LogP contribution is 2.23. The van der Waals surface area contributed by atoms with Gasteiger partial charge in [0, 0.05) is 12.1 Å². The Morgan fingerprint density at radius 3 is 2.55 bits per heavy atom. The van der Waals surface area contributed by atoms with Crippen LogP contribution in [0.5, 0.6) is 0 Å². The number of benzene rings is 2. The molecule has 2 aromatic carbocycles. The molecule has 0 aliphatic rings. The number of non-ortho nitro benzene ring substituents is 1. The Bertz CT molecular complexity index is 689. The maximum Gasteiger partial charge on any atom is 0.270 e. The second kappa shape index (κ2) is 7.04. The molecule has 6 heteroatoms. The summed E-state index contributed by atoms with van der Waals surface area (Å²) in [5, 5.41) is 13.9. The summed E-state index contributed by atoms with van der Waals surface area (Å²) in [5.74, 6) is -0.426. The van der Waals surface area contributed by atoms with Gasteiger partial charge < -0.3 is 5.32 Å². The lowest BCUT2D eigenvalue weighted by atomic mass is 10.0. The number of carbonyl (C=O) groups excluding carboxylic acids is 1. The maximum absolute atomic E-state index is 12.4. The van der Waals surface area contributed by atoms with Crippen molar-refractivity contribution in [3.63, 3.8) is 0 Å². The second-order valence-corrected chi connectivity index (χ2v) is 5.17. The molecule has 0 aliphatic heterocycles. The van der Waals surface area contributed by atoms with Gasteiger partial charge in [-0.15, -0.1) is 0 Å². The van der Waals surface area contributed by atoms with E-state index >= 15 is 0 Å². The second-order valence-electron chi connectivity index (χ2n) is 4.77. The van der Waals surface area contributed by atoms with Crippen LogP contribution < -0.4 is 5.32 Å². The van der Waals surface area contributed by atoms with Crippen LogP contribution in [-0.2, 0) is 0 Å². The number of carbonyl (C=O) groups is 1. The Labute approximate surface area is 133 Å². The third-order valence-electron chi connectivity index (χ3n) is 3.32. The predicted octanol–water partition coefficient (Wildman–Crippen LogP) is 4.13. The van der Waals surface area contributed by atoms with Gasteiger partial charge in [-0.1, -0.05) is 48.9 Å². The molecule has 114 valence electrons. The largest absolute Gasteiger partial charge is 0.345 e. The van der Waals surface area contributed by atoms with Crippen LogP contribution in [0, 0.1) is 10.1 Å². The first-order valence-electron chi connectivity index (χ1n) is 6.82. The van der Waals surface area contributed by atoms with Gasteiger partial charge in [0.2, 0.25) is 0 Å². The van der Waals surface area contributed by atoms with Gasteiger partial charge in [0.25, 0.3) is 11.6 Å². The van der Waals surface area contributed by atoms with E-state index in [4.69, 9.17) is 11.6 Å². The highest BCUT2D eigenvalue weighted by atomic mass is 35.5. The van der Waals surface area contributed by atoms with Crippen LogP contribution in [0.1, 0.15) is 35.3 Å². The minimum absolute atomic E-state index is 0.102. The minimum atomic E-state index is -0.554. The number of nitrogens with one attached hydrogen (secondary N) is 1. The average Bonchev–Trinajstić information content (AvgIpc) is 2.53. The SMILES string of the molecule is CC[C@H](NC(=O)c1cc([N+](=O)[O-])ccc1Cl)c1ccccc1. The van der Waals surface area contributed by atoms with Crippen LogP contribution in [-0.4, -0.2) is 10.8 Å². The number of nitro groups is 1. The Morgan fingerprint density at radius 1 is 1.27 bits per heavy atom. The van der Waals surface area contributed by atoms with E-state index in [9.17, 15) is 14.9 Å². The molecule has 0 spiro atoms. The lowest BCUT2D eigenvalue weighted by Gasteiger charge is -2.17. The van der Waals surface area contributed by atoms with E-state index in [1.807, 2.05) is 37.3 Å². The summed E-state index contributed by atoms with van der Waals surface area (Å²) in [4.78, 5) is 22.6. The summed E-state index contributed by atoms with van der Waals surface area (Å²) in [6.45, 7) is 1.95. The van der Waals surface area contributed by atoms with Gasteiger partial charge in [0.15, 0.2) is 0 Å². The standard InChI is InChI=1S/C16H15ClN2O3/c1-2-15(11-6-4-3-5-7-11)18-16(20)13-10-12(19(21)22)8-9-14(13)17/h3-10,15H,2H2,1H3,(H,18,20)/t15-/m0/s1. The quantitative estimate of drug-likeness (QED) is 0.665. The van der Waals surface area contributed by atoms with Crippen molar-refractivity contribution in [1.82, 2.24) is 5.32 Å². The third-order valence-corrected chi connectivity index (χ3v) is 3.65. The Morgan fingerprint density at radius 2 is 1.95 bits per heavy atom. The number of nitrogens with zero attached hydrogens (tertiary/aromatic N) is 1. The fourth-order valence-electron chi connectivity index (χ4n) is 2.14. The maximum atomic E-state index is 12.4. The first-order chi connectivity index (χ1) is 10.5. The van der Waals surface area contributed by atoms with Crippen LogP contribution in [0.4, 0.5) is 5.69 Å². The first kappa shape index (κ1) is 16.0. The van der Waals surface area contributed by atoms with Gasteiger partial charge in [-0.2, -0.15) is 0 Å². The van der Waals surface area contributed by atoms with Crippen LogP contribution in [0.15, 0.2) is 48.5 Å². The minimum Gasteiger partial charge on any atom is -0.345 e. The number of rotatable bonds is 5. The van der Waals surface area contributed by atoms with E-state index in [2.05, 4.69) is 5.32 Å². The van der Waals surface area contributed by atoms with E-state index in [1.54, 1.807) is 0 Å². The first-order valence-corrected chi connectivity index (χ1v) is 7.20. The van der Waals surface area contributed by atoms with Gasteiger partial charge in [0.05, 0.1) is 21.6 Å². The summed E-state index contributed by atoms with van der Waals surface area (Å²) >= 11 is 5.98. The van der Waals surface area contributed by atoms with Crippen LogP contribution >= 0.6 is 11.6 Å². The van der Waals surface area contributed by atoms with E-state index in [0.717, 1.165) is 5.56 Å². The Balaban J connectivity index is 2.24. The predicted molar refractivity (Wildman–Crippen MR) is 85.0 cm³/mol. The number of halogens is 1. The molecule has 0 aromatic heterocycles. The van der Waals surface area contributed by atoms with Gasteiger partial charge in [-0.05, 0) is 18.1 Å². The smallest absolute Gasteiger partial charge is 0.270 e. The molecule has 0 heterocycles. The topological polar surface area (TPSA) is 72.2 Å². The van der Waals surface area contributed by atoms with Gasteiger partial charge in [-0.25, -0.2) is 0 Å². The monoisotopic (exact) mass is 318 g/mol. The van der Waals surface area contributed by atoms with Crippen LogP contribution in [0.2, 0.25) is 5.02 Å². The normalized spacial score (nSPS) is 11.7. The third kappa shape index (κ3) is 3.62. The molecule has 1 atom stereocenters. The zero-order valence-electron chi connectivity index (χ0n) is 12.0. The number of nitro benzene ring substituents is 1. The lowest BCUT2D eigenvalue weighted by Crippen LogP contribution is -2.28. The van der Waals surface area contributed by atoms with Crippen LogP contribution in [0.3, 0.4) is 0 Å². The molecule has 0 saturated heterocycles. The molecule has 22 heavy (non-hydrogen) atoms. The molecule has 2 rings (SSSR count). The van der Waals surface area contributed by atoms with Gasteiger partial charge in [0.1, 0.15) is 0 Å². The Hall–Kier alpha value is -2.40. The summed E-state index contributed by atoms with van der Waals surface area (Å²) in [6.07, 6.45) is 0.697. The fourth-order valence-corrected chi connectivity index (χ4v) is 2.35. The molecule has 0 bridgehead atoms.